The highest BCUT2D eigenvalue weighted by Gasteiger charge is 2.35. The Bertz CT molecular complexity index is 483. The number of benzene rings is 1. The molecule has 1 aliphatic rings. The van der Waals surface area contributed by atoms with Gasteiger partial charge in [-0.15, -0.1) is 0 Å². The Labute approximate surface area is 124 Å². The molecule has 2 nitrogen and oxygen atoms in total. The summed E-state index contributed by atoms with van der Waals surface area (Å²) in [6.45, 7) is 5.02. The van der Waals surface area contributed by atoms with E-state index in [0.717, 1.165) is 37.1 Å². The lowest BCUT2D eigenvalue weighted by Gasteiger charge is -2.32. The number of rotatable bonds is 5. The number of nitrogens with one attached hydrogen (secondary N) is 1. The zero-order valence-corrected chi connectivity index (χ0v) is 12.8. The third-order valence-corrected chi connectivity index (χ3v) is 4.06. The molecule has 1 unspecified atom stereocenters. The lowest BCUT2D eigenvalue weighted by Crippen LogP contribution is -2.38. The summed E-state index contributed by atoms with van der Waals surface area (Å²) in [6, 6.07) is 4.66. The Kier molecular flexibility index (Phi) is 4.81. The van der Waals surface area contributed by atoms with E-state index in [1.165, 1.54) is 12.1 Å². The van der Waals surface area contributed by atoms with Gasteiger partial charge in [-0.2, -0.15) is 13.2 Å². The molecule has 118 valence electrons. The number of anilines is 1. The quantitative estimate of drug-likeness (QED) is 0.831. The molecule has 5 heteroatoms. The second kappa shape index (κ2) is 6.26. The Hall–Kier alpha value is -1.23. The monoisotopic (exact) mass is 300 g/mol. The minimum Gasteiger partial charge on any atom is -0.366 e. The SMILES string of the molecule is CNCCCC1Cc2ccc(C(F)(F)F)cc2N1C(C)C. The molecule has 1 atom stereocenters. The number of nitrogens with zero attached hydrogens (tertiary/aromatic N) is 1. The van der Waals surface area contributed by atoms with E-state index in [-0.39, 0.29) is 6.04 Å². The number of fused-ring (bicyclic) bond motifs is 1. The molecule has 0 saturated heterocycles. The first-order valence-corrected chi connectivity index (χ1v) is 7.47. The molecule has 2 rings (SSSR count). The van der Waals surface area contributed by atoms with Crippen molar-refractivity contribution >= 4 is 5.69 Å². The summed E-state index contributed by atoms with van der Waals surface area (Å²) >= 11 is 0. The predicted molar refractivity (Wildman–Crippen MR) is 79.7 cm³/mol. The van der Waals surface area contributed by atoms with E-state index < -0.39 is 11.7 Å². The summed E-state index contributed by atoms with van der Waals surface area (Å²) < 4.78 is 38.7. The molecule has 1 aromatic rings. The van der Waals surface area contributed by atoms with Crippen LogP contribution in [0.5, 0.6) is 0 Å². The summed E-state index contributed by atoms with van der Waals surface area (Å²) in [5.74, 6) is 0. The molecule has 0 saturated carbocycles. The van der Waals surface area contributed by atoms with Gasteiger partial charge in [0.15, 0.2) is 0 Å². The zero-order chi connectivity index (χ0) is 15.6. The first-order valence-electron chi connectivity index (χ1n) is 7.47. The lowest BCUT2D eigenvalue weighted by atomic mass is 10.0. The van der Waals surface area contributed by atoms with Crippen molar-refractivity contribution in [1.82, 2.24) is 5.32 Å². The summed E-state index contributed by atoms with van der Waals surface area (Å²) in [6.07, 6.45) is -1.41. The maximum atomic E-state index is 12.9. The standard InChI is InChI=1S/C16H23F3N2/c1-11(2)21-14(5-4-8-20-3)9-12-6-7-13(10-15(12)21)16(17,18)19/h6-7,10-11,14,20H,4-5,8-9H2,1-3H3. The molecule has 1 aromatic carbocycles. The normalized spacial score (nSPS) is 18.4. The van der Waals surface area contributed by atoms with Gasteiger partial charge in [0.25, 0.3) is 0 Å². The van der Waals surface area contributed by atoms with Crippen molar-refractivity contribution in [3.63, 3.8) is 0 Å². The summed E-state index contributed by atoms with van der Waals surface area (Å²) in [5.41, 5.74) is 1.24. The molecule has 0 amide bonds. The van der Waals surface area contributed by atoms with Crippen molar-refractivity contribution < 1.29 is 13.2 Å². The Balaban J connectivity index is 2.25. The number of halogens is 3. The van der Waals surface area contributed by atoms with Gasteiger partial charge < -0.3 is 10.2 Å². The van der Waals surface area contributed by atoms with Crippen molar-refractivity contribution in [1.29, 1.82) is 0 Å². The van der Waals surface area contributed by atoms with Crippen molar-refractivity contribution in [2.24, 2.45) is 0 Å². The van der Waals surface area contributed by atoms with E-state index in [0.29, 0.717) is 6.04 Å². The van der Waals surface area contributed by atoms with Crippen LogP contribution in [0.1, 0.15) is 37.8 Å². The summed E-state index contributed by atoms with van der Waals surface area (Å²) in [4.78, 5) is 2.15. The van der Waals surface area contributed by atoms with Crippen molar-refractivity contribution in [3.05, 3.63) is 29.3 Å². The minimum absolute atomic E-state index is 0.203. The van der Waals surface area contributed by atoms with Crippen LogP contribution >= 0.6 is 0 Å². The molecule has 0 aliphatic carbocycles. The Morgan fingerprint density at radius 2 is 2.05 bits per heavy atom. The van der Waals surface area contributed by atoms with Gasteiger partial charge in [-0.1, -0.05) is 6.07 Å². The molecule has 21 heavy (non-hydrogen) atoms. The fourth-order valence-electron chi connectivity index (χ4n) is 3.16. The average molecular weight is 300 g/mol. The molecule has 1 aliphatic heterocycles. The van der Waals surface area contributed by atoms with Gasteiger partial charge in [-0.3, -0.25) is 0 Å². The van der Waals surface area contributed by atoms with Crippen LogP contribution < -0.4 is 10.2 Å². The molecule has 0 bridgehead atoms. The highest BCUT2D eigenvalue weighted by molar-refractivity contribution is 5.62. The van der Waals surface area contributed by atoms with Crippen LogP contribution in [0.2, 0.25) is 0 Å². The van der Waals surface area contributed by atoms with E-state index in [1.54, 1.807) is 6.07 Å². The van der Waals surface area contributed by atoms with Gasteiger partial charge in [0, 0.05) is 17.8 Å². The van der Waals surface area contributed by atoms with E-state index >= 15 is 0 Å². The summed E-state index contributed by atoms with van der Waals surface area (Å²) in [7, 11) is 1.92. The third-order valence-electron chi connectivity index (χ3n) is 4.06. The van der Waals surface area contributed by atoms with Crippen LogP contribution in [0, 0.1) is 0 Å². The van der Waals surface area contributed by atoms with Gasteiger partial charge in [-0.05, 0) is 64.4 Å². The highest BCUT2D eigenvalue weighted by Crippen LogP contribution is 2.40. The van der Waals surface area contributed by atoms with Gasteiger partial charge in [0.05, 0.1) is 5.56 Å². The fraction of sp³-hybridized carbons (Fsp3) is 0.625. The van der Waals surface area contributed by atoms with Crippen molar-refractivity contribution in [2.45, 2.75) is 51.4 Å². The molecule has 1 heterocycles. The maximum absolute atomic E-state index is 12.9. The predicted octanol–water partition coefficient (Wildman–Crippen LogP) is 3.84. The zero-order valence-electron chi connectivity index (χ0n) is 12.8. The molecule has 0 fully saturated rings. The van der Waals surface area contributed by atoms with Gasteiger partial charge in [0.1, 0.15) is 0 Å². The second-order valence-electron chi connectivity index (χ2n) is 5.95. The van der Waals surface area contributed by atoms with Gasteiger partial charge in [0.2, 0.25) is 0 Å². The molecule has 0 radical (unpaired) electrons. The van der Waals surface area contributed by atoms with Crippen LogP contribution in [0.4, 0.5) is 18.9 Å². The van der Waals surface area contributed by atoms with Gasteiger partial charge in [-0.25, -0.2) is 0 Å². The number of hydrogen-bond donors (Lipinski definition) is 1. The van der Waals surface area contributed by atoms with Crippen LogP contribution in [0.3, 0.4) is 0 Å². The molecule has 1 N–H and O–H groups in total. The molecule has 0 aromatic heterocycles. The van der Waals surface area contributed by atoms with E-state index in [4.69, 9.17) is 0 Å². The van der Waals surface area contributed by atoms with Crippen LogP contribution in [0.25, 0.3) is 0 Å². The van der Waals surface area contributed by atoms with E-state index in [2.05, 4.69) is 10.2 Å². The largest absolute Gasteiger partial charge is 0.416 e. The third kappa shape index (κ3) is 3.51. The fourth-order valence-corrected chi connectivity index (χ4v) is 3.16. The smallest absolute Gasteiger partial charge is 0.366 e. The number of alkyl halides is 3. The van der Waals surface area contributed by atoms with Crippen molar-refractivity contribution in [2.75, 3.05) is 18.5 Å². The van der Waals surface area contributed by atoms with Crippen LogP contribution in [0.15, 0.2) is 18.2 Å². The van der Waals surface area contributed by atoms with E-state index in [9.17, 15) is 13.2 Å². The average Bonchev–Trinajstić information content (AvgIpc) is 2.75. The van der Waals surface area contributed by atoms with E-state index in [1.807, 2.05) is 20.9 Å². The molecule has 0 spiro atoms. The maximum Gasteiger partial charge on any atom is 0.416 e. The summed E-state index contributed by atoms with van der Waals surface area (Å²) in [5, 5.41) is 3.12. The Morgan fingerprint density at radius 3 is 2.62 bits per heavy atom. The minimum atomic E-state index is -4.28. The molecular weight excluding hydrogens is 277 g/mol. The van der Waals surface area contributed by atoms with Crippen LogP contribution in [-0.4, -0.2) is 25.7 Å². The second-order valence-corrected chi connectivity index (χ2v) is 5.95. The Morgan fingerprint density at radius 1 is 1.33 bits per heavy atom. The first kappa shape index (κ1) is 16.1. The number of hydrogen-bond acceptors (Lipinski definition) is 2. The van der Waals surface area contributed by atoms with Crippen LogP contribution in [-0.2, 0) is 12.6 Å². The lowest BCUT2D eigenvalue weighted by molar-refractivity contribution is -0.137. The van der Waals surface area contributed by atoms with Crippen molar-refractivity contribution in [3.8, 4) is 0 Å². The highest BCUT2D eigenvalue weighted by atomic mass is 19.4. The van der Waals surface area contributed by atoms with Gasteiger partial charge >= 0.3 is 6.18 Å². The molecular formula is C16H23F3N2. The first-order chi connectivity index (χ1) is 9.84. The topological polar surface area (TPSA) is 15.3 Å².